The lowest BCUT2D eigenvalue weighted by Gasteiger charge is -2.18. The average Bonchev–Trinajstić information content (AvgIpc) is 4.00. The molecule has 0 saturated carbocycles. The lowest BCUT2D eigenvalue weighted by atomic mass is 9.85. The van der Waals surface area contributed by atoms with Crippen LogP contribution in [0.2, 0.25) is 0 Å². The zero-order valence-electron chi connectivity index (χ0n) is 29.9. The molecule has 2 aliphatic rings. The summed E-state index contributed by atoms with van der Waals surface area (Å²) in [6, 6.07) is 59.6. The molecule has 4 nitrogen and oxygen atoms in total. The van der Waals surface area contributed by atoms with Crippen LogP contribution in [0.4, 0.5) is 0 Å². The highest BCUT2D eigenvalue weighted by Gasteiger charge is 2.35. The molecular formula is C52H28N2O2. The Morgan fingerprint density at radius 3 is 2.00 bits per heavy atom. The Morgan fingerprint density at radius 2 is 1.16 bits per heavy atom. The quantitative estimate of drug-likeness (QED) is 0.183. The number of rotatable bonds is 3. The van der Waals surface area contributed by atoms with Crippen molar-refractivity contribution in [1.82, 2.24) is 0 Å². The lowest BCUT2D eigenvalue weighted by molar-refractivity contribution is 0.668. The molecule has 0 spiro atoms. The fraction of sp³-hybridized carbons (Fsp3) is 0.0385. The average molecular weight is 713 g/mol. The number of nitriles is 2. The zero-order valence-corrected chi connectivity index (χ0v) is 29.9. The summed E-state index contributed by atoms with van der Waals surface area (Å²) in [6.07, 6.45) is 0. The van der Waals surface area contributed by atoms with Crippen molar-refractivity contribution in [3.63, 3.8) is 0 Å². The van der Waals surface area contributed by atoms with Gasteiger partial charge in [-0.25, -0.2) is 0 Å². The van der Waals surface area contributed by atoms with E-state index in [4.69, 9.17) is 8.83 Å². The molecule has 56 heavy (non-hydrogen) atoms. The first-order valence-corrected chi connectivity index (χ1v) is 18.8. The molecule has 2 atom stereocenters. The van der Waals surface area contributed by atoms with E-state index in [1.807, 2.05) is 54.6 Å². The molecule has 2 unspecified atom stereocenters. The third-order valence-electron chi connectivity index (χ3n) is 12.1. The maximum absolute atomic E-state index is 10.4. The van der Waals surface area contributed by atoms with E-state index in [-0.39, 0.29) is 11.8 Å². The molecule has 2 aromatic heterocycles. The Hall–Kier alpha value is -7.66. The Bertz CT molecular complexity index is 3400. The normalized spacial score (nSPS) is 15.1. The van der Waals surface area contributed by atoms with Crippen LogP contribution in [0.3, 0.4) is 0 Å². The second-order valence-electron chi connectivity index (χ2n) is 14.9. The van der Waals surface area contributed by atoms with Crippen LogP contribution in [-0.2, 0) is 0 Å². The van der Waals surface area contributed by atoms with E-state index in [1.165, 1.54) is 33.2 Å². The van der Waals surface area contributed by atoms with Crippen LogP contribution < -0.4 is 0 Å². The summed E-state index contributed by atoms with van der Waals surface area (Å²) in [6.45, 7) is 0. The van der Waals surface area contributed by atoms with Gasteiger partial charge in [0.05, 0.1) is 23.3 Å². The largest absolute Gasteiger partial charge is 0.456 e. The van der Waals surface area contributed by atoms with E-state index in [0.717, 1.165) is 77.4 Å². The van der Waals surface area contributed by atoms with E-state index < -0.39 is 0 Å². The third-order valence-corrected chi connectivity index (χ3v) is 12.1. The fourth-order valence-electron chi connectivity index (χ4n) is 9.73. The Labute approximate surface area is 321 Å². The second kappa shape index (κ2) is 11.4. The van der Waals surface area contributed by atoms with Crippen molar-refractivity contribution >= 4 is 43.9 Å². The predicted octanol–water partition coefficient (Wildman–Crippen LogP) is 13.2. The molecule has 2 heterocycles. The first-order chi connectivity index (χ1) is 27.7. The van der Waals surface area contributed by atoms with E-state index in [2.05, 4.69) is 115 Å². The molecule has 0 fully saturated rings. The molecule has 8 aromatic carbocycles. The number of nitrogens with zero attached hydrogens (tertiary/aromatic N) is 2. The minimum Gasteiger partial charge on any atom is -0.456 e. The Kier molecular flexibility index (Phi) is 6.28. The first-order valence-electron chi connectivity index (χ1n) is 18.8. The molecular weight excluding hydrogens is 685 g/mol. The molecule has 0 radical (unpaired) electrons. The van der Waals surface area contributed by atoms with Crippen molar-refractivity contribution in [2.45, 2.75) is 11.8 Å². The molecule has 0 aliphatic heterocycles. The smallest absolute Gasteiger partial charge is 0.143 e. The van der Waals surface area contributed by atoms with Gasteiger partial charge >= 0.3 is 0 Å². The van der Waals surface area contributed by atoms with Crippen molar-refractivity contribution in [3.05, 3.63) is 202 Å². The van der Waals surface area contributed by atoms with E-state index in [1.54, 1.807) is 0 Å². The van der Waals surface area contributed by atoms with Crippen molar-refractivity contribution in [3.8, 4) is 45.5 Å². The minimum absolute atomic E-state index is 0.0424. The molecule has 0 bridgehead atoms. The van der Waals surface area contributed by atoms with E-state index >= 15 is 0 Å². The summed E-state index contributed by atoms with van der Waals surface area (Å²) in [5, 5.41) is 24.7. The summed E-state index contributed by atoms with van der Waals surface area (Å²) < 4.78 is 12.9. The summed E-state index contributed by atoms with van der Waals surface area (Å²) in [7, 11) is 0. The van der Waals surface area contributed by atoms with Gasteiger partial charge in [0.1, 0.15) is 22.3 Å². The van der Waals surface area contributed by atoms with Gasteiger partial charge in [-0.1, -0.05) is 115 Å². The summed E-state index contributed by atoms with van der Waals surface area (Å²) in [5.74, 6) is -0.101. The van der Waals surface area contributed by atoms with Crippen molar-refractivity contribution < 1.29 is 8.83 Å². The molecule has 0 N–H and O–H groups in total. The molecule has 0 amide bonds. The van der Waals surface area contributed by atoms with Gasteiger partial charge in [0, 0.05) is 38.9 Å². The van der Waals surface area contributed by atoms with Crippen LogP contribution in [-0.4, -0.2) is 0 Å². The van der Waals surface area contributed by atoms with Gasteiger partial charge in [-0.15, -0.1) is 0 Å². The van der Waals surface area contributed by atoms with Crippen LogP contribution in [0.5, 0.6) is 0 Å². The van der Waals surface area contributed by atoms with E-state index in [0.29, 0.717) is 11.1 Å². The molecule has 0 saturated heterocycles. The summed E-state index contributed by atoms with van der Waals surface area (Å²) in [5.41, 5.74) is 18.2. The van der Waals surface area contributed by atoms with Crippen molar-refractivity contribution in [1.29, 1.82) is 10.5 Å². The van der Waals surface area contributed by atoms with Crippen LogP contribution in [0.15, 0.2) is 167 Å². The highest BCUT2D eigenvalue weighted by molar-refractivity contribution is 6.12. The van der Waals surface area contributed by atoms with Crippen LogP contribution in [0.25, 0.3) is 77.3 Å². The molecule has 4 heteroatoms. The SMILES string of the molecule is N#Cc1cc(-c2ccc(C3c4ccccc4-c4ccc5oc6ccccc6c5c43)cc2)cc(C2c3ccc(C#N)cc3-c3c2ccc2c3oc3ccccc32)c1. The summed E-state index contributed by atoms with van der Waals surface area (Å²) in [4.78, 5) is 0. The Morgan fingerprint density at radius 1 is 0.429 bits per heavy atom. The maximum Gasteiger partial charge on any atom is 0.143 e. The standard InChI is InChI=1S/C52H28N2O2/c53-27-29-13-18-39-43(25-29)49-42(20-19-40-36-8-3-5-11-44(36)56-52(40)49)47(39)34-24-30(28-54)23-33(26-34)31-14-16-32(17-15-31)48-37-9-2-1-7-35(37)38-21-22-46-50(51(38)48)41-10-4-6-12-45(41)55-46/h1-26,47-48H. The Balaban J connectivity index is 1.00. The lowest BCUT2D eigenvalue weighted by Crippen LogP contribution is -2.01. The number of furan rings is 2. The predicted molar refractivity (Wildman–Crippen MR) is 222 cm³/mol. The van der Waals surface area contributed by atoms with Gasteiger partial charge in [0.15, 0.2) is 0 Å². The maximum atomic E-state index is 10.4. The number of para-hydroxylation sites is 2. The molecule has 2 aliphatic carbocycles. The number of hydrogen-bond donors (Lipinski definition) is 0. The van der Waals surface area contributed by atoms with Gasteiger partial charge < -0.3 is 8.83 Å². The number of benzene rings is 8. The molecule has 10 aromatic rings. The van der Waals surface area contributed by atoms with Gasteiger partial charge in [-0.2, -0.15) is 10.5 Å². The van der Waals surface area contributed by atoms with Gasteiger partial charge in [0.2, 0.25) is 0 Å². The van der Waals surface area contributed by atoms with Gasteiger partial charge in [0.25, 0.3) is 0 Å². The van der Waals surface area contributed by atoms with E-state index in [9.17, 15) is 10.5 Å². The van der Waals surface area contributed by atoms with Crippen LogP contribution in [0, 0.1) is 22.7 Å². The monoisotopic (exact) mass is 712 g/mol. The third kappa shape index (κ3) is 4.21. The van der Waals surface area contributed by atoms with Crippen LogP contribution >= 0.6 is 0 Å². The topological polar surface area (TPSA) is 73.9 Å². The van der Waals surface area contributed by atoms with Gasteiger partial charge in [-0.3, -0.25) is 0 Å². The fourth-order valence-corrected chi connectivity index (χ4v) is 9.73. The number of hydrogen-bond acceptors (Lipinski definition) is 4. The highest BCUT2D eigenvalue weighted by atomic mass is 16.3. The molecule has 12 rings (SSSR count). The highest BCUT2D eigenvalue weighted by Crippen LogP contribution is 2.54. The van der Waals surface area contributed by atoms with Crippen molar-refractivity contribution in [2.75, 3.05) is 0 Å². The molecule has 258 valence electrons. The number of fused-ring (bicyclic) bond motifs is 14. The van der Waals surface area contributed by atoms with Crippen LogP contribution in [0.1, 0.15) is 56.3 Å². The summed E-state index contributed by atoms with van der Waals surface area (Å²) >= 11 is 0. The first kappa shape index (κ1) is 30.8. The zero-order chi connectivity index (χ0) is 37.1. The second-order valence-corrected chi connectivity index (χ2v) is 14.9. The minimum atomic E-state index is -0.143. The van der Waals surface area contributed by atoms with Crippen molar-refractivity contribution in [2.24, 2.45) is 0 Å². The van der Waals surface area contributed by atoms with Gasteiger partial charge in [-0.05, 0) is 104 Å².